The molecule has 0 spiro atoms. The van der Waals surface area contributed by atoms with Gasteiger partial charge in [0.2, 0.25) is 0 Å². The Morgan fingerprint density at radius 1 is 1.29 bits per heavy atom. The normalized spacial score (nSPS) is 10.4. The summed E-state index contributed by atoms with van der Waals surface area (Å²) in [6.45, 7) is 0. The molecular weight excluding hydrogens is 181 g/mol. The maximum atomic E-state index is 12.8. The molecular formula is C10H8FN3. The number of aromatic nitrogens is 1. The summed E-state index contributed by atoms with van der Waals surface area (Å²) >= 11 is 0. The summed E-state index contributed by atoms with van der Waals surface area (Å²) in [5, 5.41) is 7.90. The van der Waals surface area contributed by atoms with Gasteiger partial charge in [0.25, 0.3) is 0 Å². The third-order valence-corrected chi connectivity index (χ3v) is 1.93. The Labute approximate surface area is 79.9 Å². The van der Waals surface area contributed by atoms with E-state index in [1.54, 1.807) is 18.2 Å². The van der Waals surface area contributed by atoms with Crippen LogP contribution < -0.4 is 5.73 Å². The third-order valence-electron chi connectivity index (χ3n) is 1.93. The molecule has 1 aromatic heterocycles. The van der Waals surface area contributed by atoms with Crippen molar-refractivity contribution in [1.82, 2.24) is 4.98 Å². The van der Waals surface area contributed by atoms with Crippen molar-refractivity contribution in [1.29, 1.82) is 5.41 Å². The van der Waals surface area contributed by atoms with Gasteiger partial charge in [-0.2, -0.15) is 0 Å². The number of nitrogens with zero attached hydrogens (tertiary/aromatic N) is 1. The van der Waals surface area contributed by atoms with Crippen molar-refractivity contribution in [2.75, 3.05) is 0 Å². The highest BCUT2D eigenvalue weighted by molar-refractivity contribution is 5.95. The zero-order valence-corrected chi connectivity index (χ0v) is 7.29. The number of rotatable bonds is 1. The SMILES string of the molecule is N=C(N)c1ccc2cc(F)ccc2n1. The number of nitrogens with two attached hydrogens (primary N) is 1. The highest BCUT2D eigenvalue weighted by atomic mass is 19.1. The van der Waals surface area contributed by atoms with E-state index >= 15 is 0 Å². The van der Waals surface area contributed by atoms with Gasteiger partial charge in [-0.15, -0.1) is 0 Å². The smallest absolute Gasteiger partial charge is 0.141 e. The number of amidine groups is 1. The molecule has 0 amide bonds. The highest BCUT2D eigenvalue weighted by Gasteiger charge is 2.01. The molecule has 0 aliphatic rings. The lowest BCUT2D eigenvalue weighted by atomic mass is 10.2. The molecule has 4 heteroatoms. The fraction of sp³-hybridized carbons (Fsp3) is 0. The van der Waals surface area contributed by atoms with Crippen molar-refractivity contribution in [2.24, 2.45) is 5.73 Å². The first-order valence-electron chi connectivity index (χ1n) is 4.07. The summed E-state index contributed by atoms with van der Waals surface area (Å²) in [6, 6.07) is 7.59. The van der Waals surface area contributed by atoms with Crippen molar-refractivity contribution in [3.8, 4) is 0 Å². The molecule has 0 unspecified atom stereocenters. The first kappa shape index (κ1) is 8.62. The summed E-state index contributed by atoms with van der Waals surface area (Å²) < 4.78 is 12.8. The molecule has 0 saturated heterocycles. The number of benzene rings is 1. The highest BCUT2D eigenvalue weighted by Crippen LogP contribution is 2.13. The van der Waals surface area contributed by atoms with E-state index in [0.717, 1.165) is 0 Å². The van der Waals surface area contributed by atoms with Gasteiger partial charge in [0.05, 0.1) is 5.52 Å². The van der Waals surface area contributed by atoms with E-state index in [9.17, 15) is 4.39 Å². The summed E-state index contributed by atoms with van der Waals surface area (Å²) in [5.74, 6) is -0.383. The molecule has 0 radical (unpaired) electrons. The van der Waals surface area contributed by atoms with Crippen LogP contribution in [0.3, 0.4) is 0 Å². The molecule has 70 valence electrons. The number of pyridine rings is 1. The standard InChI is InChI=1S/C10H8FN3/c11-7-2-4-8-6(5-7)1-3-9(14-8)10(12)13/h1-5H,(H3,12,13). The van der Waals surface area contributed by atoms with E-state index in [2.05, 4.69) is 4.98 Å². The third kappa shape index (κ3) is 1.42. The first-order chi connectivity index (χ1) is 6.66. The van der Waals surface area contributed by atoms with Gasteiger partial charge in [0.1, 0.15) is 17.3 Å². The van der Waals surface area contributed by atoms with E-state index in [1.165, 1.54) is 12.1 Å². The number of nitrogen functional groups attached to an aromatic ring is 1. The Balaban J connectivity index is 2.67. The van der Waals surface area contributed by atoms with Crippen LogP contribution in [0.25, 0.3) is 10.9 Å². The number of nitrogens with one attached hydrogen (secondary N) is 1. The second-order valence-electron chi connectivity index (χ2n) is 2.95. The largest absolute Gasteiger partial charge is 0.382 e. The molecule has 0 fully saturated rings. The minimum atomic E-state index is -0.296. The van der Waals surface area contributed by atoms with Crippen molar-refractivity contribution in [3.63, 3.8) is 0 Å². The molecule has 2 aromatic rings. The summed E-state index contributed by atoms with van der Waals surface area (Å²) in [4.78, 5) is 4.10. The van der Waals surface area contributed by atoms with Gasteiger partial charge in [0.15, 0.2) is 0 Å². The Morgan fingerprint density at radius 3 is 2.79 bits per heavy atom. The van der Waals surface area contributed by atoms with E-state index in [0.29, 0.717) is 16.6 Å². The number of hydrogen-bond donors (Lipinski definition) is 2. The molecule has 0 saturated carbocycles. The average molecular weight is 189 g/mol. The number of fused-ring (bicyclic) bond motifs is 1. The van der Waals surface area contributed by atoms with E-state index in [1.807, 2.05) is 0 Å². The molecule has 1 aromatic carbocycles. The minimum Gasteiger partial charge on any atom is -0.382 e. The van der Waals surface area contributed by atoms with Crippen LogP contribution in [0.2, 0.25) is 0 Å². The number of hydrogen-bond acceptors (Lipinski definition) is 2. The second kappa shape index (κ2) is 3.06. The van der Waals surface area contributed by atoms with E-state index in [4.69, 9.17) is 11.1 Å². The predicted molar refractivity (Wildman–Crippen MR) is 52.7 cm³/mol. The maximum absolute atomic E-state index is 12.8. The van der Waals surface area contributed by atoms with Crippen molar-refractivity contribution in [3.05, 3.63) is 41.8 Å². The van der Waals surface area contributed by atoms with E-state index in [-0.39, 0.29) is 11.7 Å². The van der Waals surface area contributed by atoms with Crippen LogP contribution in [-0.4, -0.2) is 10.8 Å². The first-order valence-corrected chi connectivity index (χ1v) is 4.07. The minimum absolute atomic E-state index is 0.0868. The van der Waals surface area contributed by atoms with Gasteiger partial charge < -0.3 is 5.73 Å². The Hall–Kier alpha value is -1.97. The van der Waals surface area contributed by atoms with Gasteiger partial charge >= 0.3 is 0 Å². The van der Waals surface area contributed by atoms with Crippen LogP contribution in [-0.2, 0) is 0 Å². The van der Waals surface area contributed by atoms with Crippen LogP contribution in [0.1, 0.15) is 5.69 Å². The van der Waals surface area contributed by atoms with Crippen LogP contribution >= 0.6 is 0 Å². The van der Waals surface area contributed by atoms with Gasteiger partial charge in [0, 0.05) is 5.39 Å². The number of halogens is 1. The Kier molecular flexibility index (Phi) is 1.89. The fourth-order valence-corrected chi connectivity index (χ4v) is 1.25. The zero-order chi connectivity index (χ0) is 10.1. The predicted octanol–water partition coefficient (Wildman–Crippen LogP) is 1.66. The van der Waals surface area contributed by atoms with Crippen LogP contribution in [0.5, 0.6) is 0 Å². The quantitative estimate of drug-likeness (QED) is 0.529. The molecule has 0 aliphatic heterocycles. The maximum Gasteiger partial charge on any atom is 0.141 e. The van der Waals surface area contributed by atoms with Gasteiger partial charge in [-0.25, -0.2) is 9.37 Å². The Bertz CT molecular complexity index is 508. The summed E-state index contributed by atoms with van der Waals surface area (Å²) in [7, 11) is 0. The second-order valence-corrected chi connectivity index (χ2v) is 2.95. The monoisotopic (exact) mass is 189 g/mol. The van der Waals surface area contributed by atoms with Crippen molar-refractivity contribution in [2.45, 2.75) is 0 Å². The molecule has 3 N–H and O–H groups in total. The fourth-order valence-electron chi connectivity index (χ4n) is 1.25. The van der Waals surface area contributed by atoms with Crippen molar-refractivity contribution >= 4 is 16.7 Å². The lowest BCUT2D eigenvalue weighted by Crippen LogP contribution is -2.12. The van der Waals surface area contributed by atoms with Gasteiger partial charge in [-0.3, -0.25) is 5.41 Å². The molecule has 0 atom stereocenters. The molecule has 1 heterocycles. The lowest BCUT2D eigenvalue weighted by Gasteiger charge is -2.00. The van der Waals surface area contributed by atoms with Crippen LogP contribution in [0, 0.1) is 11.2 Å². The van der Waals surface area contributed by atoms with Gasteiger partial charge in [-0.1, -0.05) is 6.07 Å². The molecule has 14 heavy (non-hydrogen) atoms. The molecule has 3 nitrogen and oxygen atoms in total. The van der Waals surface area contributed by atoms with E-state index < -0.39 is 0 Å². The lowest BCUT2D eigenvalue weighted by molar-refractivity contribution is 0.629. The summed E-state index contributed by atoms with van der Waals surface area (Å²) in [5.41, 5.74) is 6.33. The molecule has 0 aliphatic carbocycles. The topological polar surface area (TPSA) is 62.8 Å². The van der Waals surface area contributed by atoms with Crippen LogP contribution in [0.4, 0.5) is 4.39 Å². The average Bonchev–Trinajstić information content (AvgIpc) is 2.16. The molecule has 0 bridgehead atoms. The summed E-state index contributed by atoms with van der Waals surface area (Å²) in [6.07, 6.45) is 0. The molecule has 2 rings (SSSR count). The van der Waals surface area contributed by atoms with Crippen molar-refractivity contribution < 1.29 is 4.39 Å². The van der Waals surface area contributed by atoms with Crippen LogP contribution in [0.15, 0.2) is 30.3 Å². The van der Waals surface area contributed by atoms with Gasteiger partial charge in [-0.05, 0) is 24.3 Å². The zero-order valence-electron chi connectivity index (χ0n) is 7.29. The Morgan fingerprint density at radius 2 is 2.07 bits per heavy atom.